The molecule has 10 heteroatoms. The number of imide groups is 1. The Morgan fingerprint density at radius 3 is 2.65 bits per heavy atom. The van der Waals surface area contributed by atoms with Gasteiger partial charge in [0.2, 0.25) is 5.95 Å². The van der Waals surface area contributed by atoms with Gasteiger partial charge < -0.3 is 15.0 Å². The van der Waals surface area contributed by atoms with Crippen molar-refractivity contribution in [3.8, 4) is 17.0 Å². The summed E-state index contributed by atoms with van der Waals surface area (Å²) in [5.74, 6) is 1.66. The number of hydrogen-bond donors (Lipinski definition) is 2. The number of rotatable bonds is 8. The summed E-state index contributed by atoms with van der Waals surface area (Å²) < 4.78 is 5.24. The van der Waals surface area contributed by atoms with E-state index in [1.165, 1.54) is 0 Å². The molecule has 2 fully saturated rings. The highest BCUT2D eigenvalue weighted by atomic mass is 32.2. The lowest BCUT2D eigenvalue weighted by molar-refractivity contribution is -0.115. The number of anilines is 1. The van der Waals surface area contributed by atoms with Gasteiger partial charge in [-0.25, -0.2) is 9.97 Å². The van der Waals surface area contributed by atoms with Gasteiger partial charge in [0, 0.05) is 31.4 Å². The number of carbonyl (C=O) groups excluding carboxylic acids is 2. The van der Waals surface area contributed by atoms with Crippen molar-refractivity contribution in [1.29, 1.82) is 0 Å². The summed E-state index contributed by atoms with van der Waals surface area (Å²) in [6.07, 6.45) is 5.39. The first-order valence-corrected chi connectivity index (χ1v) is 13.0. The summed E-state index contributed by atoms with van der Waals surface area (Å²) in [6, 6.07) is 15.8. The zero-order chi connectivity index (χ0) is 25.6. The Bertz CT molecular complexity index is 1310. The van der Waals surface area contributed by atoms with Gasteiger partial charge in [-0.3, -0.25) is 19.9 Å². The summed E-state index contributed by atoms with van der Waals surface area (Å²) in [7, 11) is 1.66. The Labute approximate surface area is 219 Å². The lowest BCUT2D eigenvalue weighted by Gasteiger charge is -2.32. The van der Waals surface area contributed by atoms with Crippen molar-refractivity contribution in [2.24, 2.45) is 5.92 Å². The van der Waals surface area contributed by atoms with Crippen molar-refractivity contribution in [1.82, 2.24) is 25.6 Å². The van der Waals surface area contributed by atoms with Gasteiger partial charge in [0.1, 0.15) is 5.75 Å². The number of ether oxygens (including phenoxy) is 1. The zero-order valence-electron chi connectivity index (χ0n) is 20.5. The monoisotopic (exact) mass is 516 g/mol. The van der Waals surface area contributed by atoms with E-state index in [1.54, 1.807) is 25.4 Å². The molecule has 0 radical (unpaired) electrons. The molecule has 9 nitrogen and oxygen atoms in total. The first kappa shape index (κ1) is 24.9. The second kappa shape index (κ2) is 11.5. The molecular formula is C27H28N6O3S. The average Bonchev–Trinajstić information content (AvgIpc) is 3.25. The number of methoxy groups -OCH3 is 1. The van der Waals surface area contributed by atoms with Gasteiger partial charge in [-0.05, 0) is 85.6 Å². The summed E-state index contributed by atoms with van der Waals surface area (Å²) in [6.45, 7) is 3.38. The van der Waals surface area contributed by atoms with Gasteiger partial charge in [-0.2, -0.15) is 0 Å². The lowest BCUT2D eigenvalue weighted by Crippen LogP contribution is -2.38. The molecule has 190 valence electrons. The number of nitrogens with one attached hydrogen (secondary N) is 2. The predicted molar refractivity (Wildman–Crippen MR) is 144 cm³/mol. The molecule has 0 atom stereocenters. The minimum atomic E-state index is -0.383. The zero-order valence-corrected chi connectivity index (χ0v) is 21.3. The summed E-state index contributed by atoms with van der Waals surface area (Å²) >= 11 is 0.888. The normalized spacial score (nSPS) is 17.3. The Kier molecular flexibility index (Phi) is 7.76. The van der Waals surface area contributed by atoms with Crippen LogP contribution in [0.2, 0.25) is 0 Å². The van der Waals surface area contributed by atoms with Crippen molar-refractivity contribution in [3.05, 3.63) is 71.0 Å². The molecule has 5 rings (SSSR count). The molecule has 3 aromatic rings. The fraction of sp³-hybridized carbons (Fsp3) is 0.296. The van der Waals surface area contributed by atoms with Crippen LogP contribution in [0.1, 0.15) is 24.2 Å². The molecule has 2 aliphatic rings. The van der Waals surface area contributed by atoms with Crippen molar-refractivity contribution in [2.45, 2.75) is 19.4 Å². The molecule has 0 aliphatic carbocycles. The Hall–Kier alpha value is -3.76. The second-order valence-electron chi connectivity index (χ2n) is 8.94. The number of aromatic nitrogens is 3. The van der Waals surface area contributed by atoms with Crippen molar-refractivity contribution in [3.63, 3.8) is 0 Å². The number of hydrogen-bond acceptors (Lipinski definition) is 9. The van der Waals surface area contributed by atoms with Crippen molar-refractivity contribution < 1.29 is 14.3 Å². The molecule has 2 aromatic heterocycles. The van der Waals surface area contributed by atoms with E-state index in [2.05, 4.69) is 25.5 Å². The molecular weight excluding hydrogens is 488 g/mol. The Balaban J connectivity index is 1.11. The van der Waals surface area contributed by atoms with Crippen molar-refractivity contribution in [2.75, 3.05) is 31.6 Å². The van der Waals surface area contributed by atoms with Gasteiger partial charge in [0.05, 0.1) is 29.1 Å². The fourth-order valence-electron chi connectivity index (χ4n) is 4.39. The van der Waals surface area contributed by atoms with Crippen LogP contribution in [0.15, 0.2) is 59.6 Å². The van der Waals surface area contributed by atoms with E-state index < -0.39 is 0 Å². The summed E-state index contributed by atoms with van der Waals surface area (Å²) in [4.78, 5) is 39.5. The first-order chi connectivity index (χ1) is 18.1. The van der Waals surface area contributed by atoms with Gasteiger partial charge in [-0.15, -0.1) is 0 Å². The van der Waals surface area contributed by atoms with Gasteiger partial charge in [0.25, 0.3) is 11.1 Å². The molecule has 2 N–H and O–H groups in total. The second-order valence-corrected chi connectivity index (χ2v) is 9.95. The minimum Gasteiger partial charge on any atom is -0.497 e. The van der Waals surface area contributed by atoms with Crippen LogP contribution >= 0.6 is 11.8 Å². The molecule has 0 unspecified atom stereocenters. The third-order valence-electron chi connectivity index (χ3n) is 6.41. The van der Waals surface area contributed by atoms with E-state index in [0.29, 0.717) is 22.5 Å². The first-order valence-electron chi connectivity index (χ1n) is 12.2. The Morgan fingerprint density at radius 2 is 1.92 bits per heavy atom. The molecule has 2 aliphatic heterocycles. The molecule has 37 heavy (non-hydrogen) atoms. The maximum atomic E-state index is 11.8. The molecule has 2 amide bonds. The molecule has 0 bridgehead atoms. The van der Waals surface area contributed by atoms with E-state index >= 15 is 0 Å². The number of pyridine rings is 1. The predicted octanol–water partition coefficient (Wildman–Crippen LogP) is 3.88. The Morgan fingerprint density at radius 1 is 1.11 bits per heavy atom. The van der Waals surface area contributed by atoms with E-state index in [-0.39, 0.29) is 11.1 Å². The van der Waals surface area contributed by atoms with Crippen LogP contribution in [0.3, 0.4) is 0 Å². The number of benzene rings is 1. The maximum Gasteiger partial charge on any atom is 0.290 e. The van der Waals surface area contributed by atoms with Crippen LogP contribution in [-0.4, -0.2) is 52.8 Å². The van der Waals surface area contributed by atoms with E-state index in [1.807, 2.05) is 42.5 Å². The molecule has 4 heterocycles. The number of amides is 2. The number of thioether (sulfide) groups is 1. The average molecular weight is 517 g/mol. The molecule has 2 saturated heterocycles. The van der Waals surface area contributed by atoms with Crippen LogP contribution in [-0.2, 0) is 11.3 Å². The van der Waals surface area contributed by atoms with Crippen molar-refractivity contribution >= 4 is 34.9 Å². The largest absolute Gasteiger partial charge is 0.497 e. The molecule has 0 saturated carbocycles. The third-order valence-corrected chi connectivity index (χ3v) is 7.23. The minimum absolute atomic E-state index is 0.350. The van der Waals surface area contributed by atoms with E-state index in [0.717, 1.165) is 73.5 Å². The van der Waals surface area contributed by atoms with Crippen LogP contribution in [0.5, 0.6) is 5.75 Å². The van der Waals surface area contributed by atoms with Crippen LogP contribution < -0.4 is 20.3 Å². The quantitative estimate of drug-likeness (QED) is 0.431. The maximum absolute atomic E-state index is 11.8. The van der Waals surface area contributed by atoms with Crippen LogP contribution in [0.4, 0.5) is 10.7 Å². The molecule has 0 spiro atoms. The van der Waals surface area contributed by atoms with Crippen LogP contribution in [0.25, 0.3) is 17.3 Å². The van der Waals surface area contributed by atoms with E-state index in [4.69, 9.17) is 9.72 Å². The van der Waals surface area contributed by atoms with Gasteiger partial charge >= 0.3 is 0 Å². The standard InChI is InChI=1S/C27H28N6O3S/c1-36-22-7-5-19(6-8-22)23-4-2-3-21(30-23)17-28-16-18-10-13-33(14-11-18)26-29-12-9-20(31-26)15-24-25(34)32-27(35)37-24/h2-9,12,15,18,28H,10-11,13-14,16-17H2,1H3,(H,32,34,35)/b24-15+. The van der Waals surface area contributed by atoms with E-state index in [9.17, 15) is 9.59 Å². The summed E-state index contributed by atoms with van der Waals surface area (Å²) in [5, 5.41) is 5.47. The summed E-state index contributed by atoms with van der Waals surface area (Å²) in [5.41, 5.74) is 3.65. The number of carbonyl (C=O) groups is 2. The lowest BCUT2D eigenvalue weighted by atomic mass is 9.97. The third kappa shape index (κ3) is 6.33. The highest BCUT2D eigenvalue weighted by molar-refractivity contribution is 8.18. The van der Waals surface area contributed by atoms with Gasteiger partial charge in [-0.1, -0.05) is 6.07 Å². The molecule has 1 aromatic carbocycles. The smallest absolute Gasteiger partial charge is 0.290 e. The van der Waals surface area contributed by atoms with Crippen LogP contribution in [0, 0.1) is 5.92 Å². The highest BCUT2D eigenvalue weighted by Crippen LogP contribution is 2.26. The SMILES string of the molecule is COc1ccc(-c2cccc(CNCC3CCN(c4nccc(/C=C5/SC(=O)NC5=O)n4)CC3)n2)cc1. The number of nitrogens with zero attached hydrogens (tertiary/aromatic N) is 4. The number of piperidine rings is 1. The highest BCUT2D eigenvalue weighted by Gasteiger charge is 2.25. The fourth-order valence-corrected chi connectivity index (χ4v) is 5.06. The van der Waals surface area contributed by atoms with Gasteiger partial charge in [0.15, 0.2) is 0 Å². The topological polar surface area (TPSA) is 109 Å².